The van der Waals surface area contributed by atoms with Crippen LogP contribution in [0.3, 0.4) is 0 Å². The average molecular weight is 224 g/mol. The molecule has 1 fully saturated rings. The van der Waals surface area contributed by atoms with E-state index in [-0.39, 0.29) is 24.0 Å². The summed E-state index contributed by atoms with van der Waals surface area (Å²) in [6.45, 7) is 3.63. The zero-order chi connectivity index (χ0) is 11.7. The Kier molecular flexibility index (Phi) is 2.99. The van der Waals surface area contributed by atoms with Crippen LogP contribution in [0.5, 0.6) is 0 Å². The number of rotatable bonds is 3. The van der Waals surface area contributed by atoms with E-state index in [1.807, 2.05) is 12.2 Å². The average Bonchev–Trinajstić information content (AvgIpc) is 2.90. The number of hydrogen-bond donors (Lipinski definition) is 0. The molecule has 0 aromatic rings. The lowest BCUT2D eigenvalue weighted by Gasteiger charge is -2.15. The van der Waals surface area contributed by atoms with E-state index in [2.05, 4.69) is 0 Å². The van der Waals surface area contributed by atoms with Gasteiger partial charge in [0.15, 0.2) is 0 Å². The molecule has 0 aliphatic heterocycles. The summed E-state index contributed by atoms with van der Waals surface area (Å²) in [6, 6.07) is 0. The highest BCUT2D eigenvalue weighted by atomic mass is 16.5. The smallest absolute Gasteiger partial charge is 0.309 e. The second-order valence-electron chi connectivity index (χ2n) is 4.29. The molecule has 1 saturated carbocycles. The third-order valence-electron chi connectivity index (χ3n) is 3.16. The third kappa shape index (κ3) is 2.10. The number of carbonyl (C=O) groups excluding carboxylic acids is 2. The number of esters is 2. The van der Waals surface area contributed by atoms with Crippen LogP contribution in [0.2, 0.25) is 0 Å². The van der Waals surface area contributed by atoms with Gasteiger partial charge in [0.05, 0.1) is 12.5 Å². The molecule has 0 aromatic heterocycles. The molecule has 4 nitrogen and oxygen atoms in total. The minimum atomic E-state index is -0.276. The van der Waals surface area contributed by atoms with Crippen LogP contribution >= 0.6 is 0 Å². The highest BCUT2D eigenvalue weighted by molar-refractivity contribution is 5.77. The summed E-state index contributed by atoms with van der Waals surface area (Å²) >= 11 is 0. The molecular formula is C12H16O4. The quantitative estimate of drug-likeness (QED) is 0.535. The maximum Gasteiger partial charge on any atom is 0.309 e. The molecule has 0 heterocycles. The Balaban J connectivity index is 1.89. The number of allylic oxidation sites excluding steroid dienone is 1. The molecule has 0 spiro atoms. The molecule has 88 valence electrons. The second-order valence-corrected chi connectivity index (χ2v) is 4.29. The maximum atomic E-state index is 11.5. The predicted octanol–water partition coefficient (Wildman–Crippen LogP) is 1.30. The summed E-state index contributed by atoms with van der Waals surface area (Å²) < 4.78 is 10.1. The first-order valence-electron chi connectivity index (χ1n) is 5.65. The van der Waals surface area contributed by atoms with Crippen LogP contribution in [0.25, 0.3) is 0 Å². The first kappa shape index (κ1) is 11.2. The van der Waals surface area contributed by atoms with Gasteiger partial charge in [0.1, 0.15) is 6.10 Å². The van der Waals surface area contributed by atoms with Gasteiger partial charge < -0.3 is 9.47 Å². The summed E-state index contributed by atoms with van der Waals surface area (Å²) in [7, 11) is 0. The zero-order valence-electron chi connectivity index (χ0n) is 9.51. The minimum Gasteiger partial charge on any atom is -0.466 e. The molecule has 4 atom stereocenters. The topological polar surface area (TPSA) is 52.6 Å². The standard InChI is InChI=1S/C12H16O4/c1-3-15-12(14)11-9-5-4-8(6-10(9)11)16-7(2)13/h4-5,8-11H,3,6H2,1-2H3/t8-,9+,10-,11-/m1/s1. The van der Waals surface area contributed by atoms with Crippen molar-refractivity contribution in [2.24, 2.45) is 17.8 Å². The van der Waals surface area contributed by atoms with E-state index in [0.29, 0.717) is 18.4 Å². The largest absolute Gasteiger partial charge is 0.466 e. The molecule has 0 amide bonds. The Bertz CT molecular complexity index is 334. The Hall–Kier alpha value is -1.32. The van der Waals surface area contributed by atoms with Crippen LogP contribution in [0.1, 0.15) is 20.3 Å². The Morgan fingerprint density at radius 2 is 2.12 bits per heavy atom. The number of ether oxygens (including phenoxy) is 2. The molecule has 0 unspecified atom stereocenters. The van der Waals surface area contributed by atoms with E-state index < -0.39 is 0 Å². The normalized spacial score (nSPS) is 35.1. The summed E-state index contributed by atoms with van der Waals surface area (Å²) in [6.07, 6.45) is 4.42. The van der Waals surface area contributed by atoms with Crippen molar-refractivity contribution in [3.8, 4) is 0 Å². The van der Waals surface area contributed by atoms with E-state index in [9.17, 15) is 9.59 Å². The van der Waals surface area contributed by atoms with E-state index in [1.54, 1.807) is 6.92 Å². The van der Waals surface area contributed by atoms with Crippen LogP contribution in [-0.2, 0) is 19.1 Å². The third-order valence-corrected chi connectivity index (χ3v) is 3.16. The number of carbonyl (C=O) groups is 2. The number of hydrogen-bond acceptors (Lipinski definition) is 4. The highest BCUT2D eigenvalue weighted by Crippen LogP contribution is 2.53. The van der Waals surface area contributed by atoms with Crippen molar-refractivity contribution in [1.29, 1.82) is 0 Å². The predicted molar refractivity (Wildman–Crippen MR) is 56.4 cm³/mol. The van der Waals surface area contributed by atoms with E-state index in [1.165, 1.54) is 6.92 Å². The van der Waals surface area contributed by atoms with Crippen molar-refractivity contribution in [1.82, 2.24) is 0 Å². The van der Waals surface area contributed by atoms with Gasteiger partial charge in [-0.2, -0.15) is 0 Å². The van der Waals surface area contributed by atoms with Gasteiger partial charge in [0.2, 0.25) is 0 Å². The molecule has 0 aromatic carbocycles. The second kappa shape index (κ2) is 4.28. The lowest BCUT2D eigenvalue weighted by atomic mass is 10.1. The van der Waals surface area contributed by atoms with Crippen LogP contribution < -0.4 is 0 Å². The lowest BCUT2D eigenvalue weighted by molar-refractivity contribution is -0.145. The molecule has 0 N–H and O–H groups in total. The van der Waals surface area contributed by atoms with Crippen LogP contribution in [0.15, 0.2) is 12.2 Å². The lowest BCUT2D eigenvalue weighted by Crippen LogP contribution is -2.17. The Labute approximate surface area is 94.6 Å². The SMILES string of the molecule is CCOC(=O)[C@@H]1[C@H]2C=C[C@@H](OC(C)=O)C[C@H]21. The summed E-state index contributed by atoms with van der Waals surface area (Å²) in [5.74, 6) is 0.183. The van der Waals surface area contributed by atoms with E-state index in [0.717, 1.165) is 6.42 Å². The Morgan fingerprint density at radius 3 is 2.75 bits per heavy atom. The van der Waals surface area contributed by atoms with Crippen LogP contribution in [-0.4, -0.2) is 24.6 Å². The van der Waals surface area contributed by atoms with Gasteiger partial charge in [0.25, 0.3) is 0 Å². The zero-order valence-corrected chi connectivity index (χ0v) is 9.51. The first-order chi connectivity index (χ1) is 7.63. The fraction of sp³-hybridized carbons (Fsp3) is 0.667. The van der Waals surface area contributed by atoms with Gasteiger partial charge in [-0.15, -0.1) is 0 Å². The highest BCUT2D eigenvalue weighted by Gasteiger charge is 2.56. The van der Waals surface area contributed by atoms with Crippen molar-refractivity contribution >= 4 is 11.9 Å². The molecule has 16 heavy (non-hydrogen) atoms. The summed E-state index contributed by atoms with van der Waals surface area (Å²) in [5, 5.41) is 0. The molecule has 4 heteroatoms. The molecule has 0 radical (unpaired) electrons. The van der Waals surface area contributed by atoms with Crippen LogP contribution in [0.4, 0.5) is 0 Å². The van der Waals surface area contributed by atoms with E-state index >= 15 is 0 Å². The molecule has 0 bridgehead atoms. The molecular weight excluding hydrogens is 208 g/mol. The van der Waals surface area contributed by atoms with Crippen molar-refractivity contribution < 1.29 is 19.1 Å². The van der Waals surface area contributed by atoms with Crippen molar-refractivity contribution in [3.05, 3.63) is 12.2 Å². The van der Waals surface area contributed by atoms with Gasteiger partial charge in [-0.25, -0.2) is 0 Å². The monoisotopic (exact) mass is 224 g/mol. The van der Waals surface area contributed by atoms with Gasteiger partial charge >= 0.3 is 11.9 Å². The molecule has 2 aliphatic rings. The molecule has 2 rings (SSSR count). The van der Waals surface area contributed by atoms with Crippen molar-refractivity contribution in [2.45, 2.75) is 26.4 Å². The van der Waals surface area contributed by atoms with Crippen LogP contribution in [0, 0.1) is 17.8 Å². The summed E-state index contributed by atoms with van der Waals surface area (Å²) in [5.41, 5.74) is 0. The van der Waals surface area contributed by atoms with Crippen molar-refractivity contribution in [3.63, 3.8) is 0 Å². The fourth-order valence-corrected chi connectivity index (χ4v) is 2.44. The van der Waals surface area contributed by atoms with Gasteiger partial charge in [-0.1, -0.05) is 6.08 Å². The summed E-state index contributed by atoms with van der Waals surface area (Å²) in [4.78, 5) is 22.3. The molecule has 2 aliphatic carbocycles. The maximum absolute atomic E-state index is 11.5. The minimum absolute atomic E-state index is 0.0169. The number of fused-ring (bicyclic) bond motifs is 1. The molecule has 0 saturated heterocycles. The van der Waals surface area contributed by atoms with Gasteiger partial charge in [0, 0.05) is 6.92 Å². The van der Waals surface area contributed by atoms with Gasteiger partial charge in [-0.05, 0) is 31.3 Å². The van der Waals surface area contributed by atoms with E-state index in [4.69, 9.17) is 9.47 Å². The first-order valence-corrected chi connectivity index (χ1v) is 5.65. The van der Waals surface area contributed by atoms with Gasteiger partial charge in [-0.3, -0.25) is 9.59 Å². The van der Waals surface area contributed by atoms with Crippen molar-refractivity contribution in [2.75, 3.05) is 6.61 Å². The Morgan fingerprint density at radius 1 is 1.38 bits per heavy atom. The fourth-order valence-electron chi connectivity index (χ4n) is 2.44.